The van der Waals surface area contributed by atoms with Gasteiger partial charge in [-0.15, -0.1) is 0 Å². The average molecular weight is 348 g/mol. The number of halogens is 3. The number of nitrogens with one attached hydrogen (secondary N) is 1. The van der Waals surface area contributed by atoms with Gasteiger partial charge in [0.1, 0.15) is 5.82 Å². The Kier molecular flexibility index (Phi) is 3.64. The number of hydrogen-bond acceptors (Lipinski definition) is 2. The Morgan fingerprint density at radius 2 is 1.96 bits per heavy atom. The van der Waals surface area contributed by atoms with Gasteiger partial charge in [-0.1, -0.05) is 18.2 Å². The van der Waals surface area contributed by atoms with Crippen LogP contribution in [0.25, 0.3) is 16.7 Å². The number of para-hydroxylation sites is 1. The van der Waals surface area contributed by atoms with Crippen molar-refractivity contribution in [3.05, 3.63) is 47.3 Å². The summed E-state index contributed by atoms with van der Waals surface area (Å²) in [5.41, 5.74) is 1.07. The van der Waals surface area contributed by atoms with Crippen LogP contribution in [-0.4, -0.2) is 32.3 Å². The summed E-state index contributed by atoms with van der Waals surface area (Å²) < 4.78 is 41.8. The summed E-state index contributed by atoms with van der Waals surface area (Å²) in [5.74, 6) is 0.568. The van der Waals surface area contributed by atoms with Gasteiger partial charge < -0.3 is 4.98 Å². The predicted octanol–water partition coefficient (Wildman–Crippen LogP) is 4.14. The summed E-state index contributed by atoms with van der Waals surface area (Å²) in [7, 11) is 0. The summed E-state index contributed by atoms with van der Waals surface area (Å²) >= 11 is 0. The Hall–Kier alpha value is -2.28. The van der Waals surface area contributed by atoms with E-state index in [0.29, 0.717) is 36.6 Å². The molecular weight excluding hydrogens is 329 g/mol. The number of nitrogens with zero attached hydrogens (tertiary/aromatic N) is 3. The molecule has 0 bridgehead atoms. The van der Waals surface area contributed by atoms with Crippen LogP contribution in [0, 0.1) is 0 Å². The first-order valence-electron chi connectivity index (χ1n) is 8.34. The molecule has 0 atom stereocenters. The molecule has 0 fully saturated rings. The van der Waals surface area contributed by atoms with E-state index in [-0.39, 0.29) is 6.04 Å². The normalized spacial score (nSPS) is 15.9. The Bertz CT molecular complexity index is 887. The van der Waals surface area contributed by atoms with Crippen LogP contribution < -0.4 is 0 Å². The SMILES string of the molecule is CC(C)N1CCc2c(C(F)(F)F)nn(-c3cc4ccccc4[nH]3)c2C1. The fourth-order valence-corrected chi connectivity index (χ4v) is 3.48. The Morgan fingerprint density at radius 3 is 2.64 bits per heavy atom. The molecule has 0 saturated carbocycles. The first-order valence-corrected chi connectivity index (χ1v) is 8.34. The lowest BCUT2D eigenvalue weighted by Crippen LogP contribution is -2.36. The maximum Gasteiger partial charge on any atom is 0.435 e. The molecule has 0 unspecified atom stereocenters. The number of rotatable bonds is 2. The number of alkyl halides is 3. The number of hydrogen-bond donors (Lipinski definition) is 1. The van der Waals surface area contributed by atoms with Gasteiger partial charge in [0.25, 0.3) is 0 Å². The molecule has 1 N–H and O–H groups in total. The summed E-state index contributed by atoms with van der Waals surface area (Å²) in [6.07, 6.45) is -4.08. The molecule has 0 aliphatic carbocycles. The summed E-state index contributed by atoms with van der Waals surface area (Å²) in [6.45, 7) is 5.19. The van der Waals surface area contributed by atoms with E-state index in [1.54, 1.807) is 0 Å². The van der Waals surface area contributed by atoms with E-state index in [9.17, 15) is 13.2 Å². The summed E-state index contributed by atoms with van der Waals surface area (Å²) in [4.78, 5) is 5.36. The highest BCUT2D eigenvalue weighted by Gasteiger charge is 2.41. The molecule has 7 heteroatoms. The van der Waals surface area contributed by atoms with E-state index in [1.165, 1.54) is 4.68 Å². The maximum absolute atomic E-state index is 13.5. The molecule has 1 aliphatic heterocycles. The molecule has 132 valence electrons. The van der Waals surface area contributed by atoms with Gasteiger partial charge in [-0.2, -0.15) is 18.3 Å². The van der Waals surface area contributed by atoms with Gasteiger partial charge in [0.15, 0.2) is 5.69 Å². The highest BCUT2D eigenvalue weighted by Crippen LogP contribution is 2.36. The zero-order valence-electron chi connectivity index (χ0n) is 14.1. The lowest BCUT2D eigenvalue weighted by Gasteiger charge is -2.31. The average Bonchev–Trinajstić information content (AvgIpc) is 3.14. The molecule has 0 saturated heterocycles. The van der Waals surface area contributed by atoms with Crippen LogP contribution in [0.4, 0.5) is 13.2 Å². The van der Waals surface area contributed by atoms with Crippen LogP contribution in [0.2, 0.25) is 0 Å². The predicted molar refractivity (Wildman–Crippen MR) is 89.7 cm³/mol. The van der Waals surface area contributed by atoms with Crippen molar-refractivity contribution < 1.29 is 13.2 Å². The number of H-pyrrole nitrogens is 1. The lowest BCUT2D eigenvalue weighted by molar-refractivity contribution is -0.142. The van der Waals surface area contributed by atoms with Crippen LogP contribution in [0.5, 0.6) is 0 Å². The van der Waals surface area contributed by atoms with Gasteiger partial charge in [-0.3, -0.25) is 4.90 Å². The summed E-state index contributed by atoms with van der Waals surface area (Å²) in [6, 6.07) is 9.74. The molecule has 0 radical (unpaired) electrons. The third-order valence-corrected chi connectivity index (χ3v) is 4.83. The van der Waals surface area contributed by atoms with E-state index in [1.807, 2.05) is 30.3 Å². The first kappa shape index (κ1) is 16.2. The van der Waals surface area contributed by atoms with Gasteiger partial charge >= 0.3 is 6.18 Å². The molecule has 2 aromatic heterocycles. The van der Waals surface area contributed by atoms with Crippen molar-refractivity contribution >= 4 is 10.9 Å². The van der Waals surface area contributed by atoms with E-state index >= 15 is 0 Å². The Morgan fingerprint density at radius 1 is 1.20 bits per heavy atom. The number of benzene rings is 1. The van der Waals surface area contributed by atoms with Gasteiger partial charge in [0, 0.05) is 35.6 Å². The smallest absolute Gasteiger partial charge is 0.340 e. The van der Waals surface area contributed by atoms with E-state index < -0.39 is 11.9 Å². The van der Waals surface area contributed by atoms with Crippen molar-refractivity contribution in [3.63, 3.8) is 0 Å². The zero-order chi connectivity index (χ0) is 17.8. The highest BCUT2D eigenvalue weighted by atomic mass is 19.4. The third-order valence-electron chi connectivity index (χ3n) is 4.83. The molecule has 1 aliphatic rings. The Balaban J connectivity index is 1.88. The van der Waals surface area contributed by atoms with Gasteiger partial charge in [0.2, 0.25) is 0 Å². The first-order chi connectivity index (χ1) is 11.8. The van der Waals surface area contributed by atoms with Crippen molar-refractivity contribution in [3.8, 4) is 5.82 Å². The number of fused-ring (bicyclic) bond motifs is 2. The van der Waals surface area contributed by atoms with Crippen molar-refractivity contribution in [1.29, 1.82) is 0 Å². The van der Waals surface area contributed by atoms with Gasteiger partial charge in [-0.25, -0.2) is 4.68 Å². The van der Waals surface area contributed by atoms with Crippen molar-refractivity contribution in [2.45, 2.75) is 39.0 Å². The van der Waals surface area contributed by atoms with Crippen molar-refractivity contribution in [1.82, 2.24) is 19.7 Å². The molecule has 0 amide bonds. The van der Waals surface area contributed by atoms with Crippen molar-refractivity contribution in [2.24, 2.45) is 0 Å². The van der Waals surface area contributed by atoms with Gasteiger partial charge in [0.05, 0.1) is 5.69 Å². The fourth-order valence-electron chi connectivity index (χ4n) is 3.48. The minimum Gasteiger partial charge on any atom is -0.340 e. The largest absolute Gasteiger partial charge is 0.435 e. The fraction of sp³-hybridized carbons (Fsp3) is 0.389. The van der Waals surface area contributed by atoms with Crippen molar-refractivity contribution in [2.75, 3.05) is 6.54 Å². The van der Waals surface area contributed by atoms with Crippen LogP contribution >= 0.6 is 0 Å². The van der Waals surface area contributed by atoms with Crippen LogP contribution in [0.1, 0.15) is 30.8 Å². The van der Waals surface area contributed by atoms with E-state index in [4.69, 9.17) is 0 Å². The topological polar surface area (TPSA) is 36.9 Å². The van der Waals surface area contributed by atoms with E-state index in [0.717, 1.165) is 10.9 Å². The minimum absolute atomic E-state index is 0.272. The second kappa shape index (κ2) is 5.62. The summed E-state index contributed by atoms with van der Waals surface area (Å²) in [5, 5.41) is 4.91. The second-order valence-electron chi connectivity index (χ2n) is 6.74. The molecule has 0 spiro atoms. The monoisotopic (exact) mass is 348 g/mol. The lowest BCUT2D eigenvalue weighted by atomic mass is 10.0. The molecule has 3 aromatic rings. The minimum atomic E-state index is -4.44. The number of aromatic amines is 1. The quantitative estimate of drug-likeness (QED) is 0.756. The van der Waals surface area contributed by atoms with Crippen LogP contribution in [0.3, 0.4) is 0 Å². The van der Waals surface area contributed by atoms with Crippen LogP contribution in [0.15, 0.2) is 30.3 Å². The molecular formula is C18H19F3N4. The molecule has 4 nitrogen and oxygen atoms in total. The zero-order valence-corrected chi connectivity index (χ0v) is 14.1. The molecule has 25 heavy (non-hydrogen) atoms. The number of aromatic nitrogens is 3. The standard InChI is InChI=1S/C18H19F3N4/c1-11(2)24-8-7-13-15(10-24)25(23-17(13)18(19,20)21)16-9-12-5-3-4-6-14(12)22-16/h3-6,9,11,22H,7-8,10H2,1-2H3. The van der Waals surface area contributed by atoms with Crippen LogP contribution in [-0.2, 0) is 19.1 Å². The van der Waals surface area contributed by atoms with Gasteiger partial charge in [-0.05, 0) is 32.4 Å². The third kappa shape index (κ3) is 2.72. The maximum atomic E-state index is 13.5. The second-order valence-corrected chi connectivity index (χ2v) is 6.74. The highest BCUT2D eigenvalue weighted by molar-refractivity contribution is 5.82. The van der Waals surface area contributed by atoms with E-state index in [2.05, 4.69) is 28.8 Å². The molecule has 4 rings (SSSR count). The molecule has 1 aromatic carbocycles. The Labute approximate surface area is 143 Å². The molecule has 3 heterocycles.